The third kappa shape index (κ3) is 26.6. The molecule has 1 aliphatic rings. The van der Waals surface area contributed by atoms with E-state index in [1.54, 1.807) is 0 Å². The predicted molar refractivity (Wildman–Crippen MR) is 229 cm³/mol. The number of carbonyl (C=O) groups is 1. The first-order valence-electron chi connectivity index (χ1n) is 23.6. The van der Waals surface area contributed by atoms with Crippen LogP contribution in [0.4, 0.5) is 0 Å². The van der Waals surface area contributed by atoms with Crippen molar-refractivity contribution in [2.24, 2.45) is 0 Å². The lowest BCUT2D eigenvalue weighted by molar-refractivity contribution is -0.303. The van der Waals surface area contributed by atoms with Crippen molar-refractivity contribution in [2.75, 3.05) is 13.2 Å². The van der Waals surface area contributed by atoms with Crippen molar-refractivity contribution in [3.05, 3.63) is 12.2 Å². The van der Waals surface area contributed by atoms with Crippen LogP contribution < -0.4 is 5.32 Å². The Morgan fingerprint density at radius 3 is 1.51 bits per heavy atom. The van der Waals surface area contributed by atoms with Crippen LogP contribution in [-0.2, 0) is 14.3 Å². The third-order valence-corrected chi connectivity index (χ3v) is 11.6. The van der Waals surface area contributed by atoms with Crippen molar-refractivity contribution in [3.8, 4) is 0 Å². The topological polar surface area (TPSA) is 189 Å². The molecule has 0 aliphatic carbocycles. The summed E-state index contributed by atoms with van der Waals surface area (Å²) < 4.78 is 11.1. The summed E-state index contributed by atoms with van der Waals surface area (Å²) in [6.07, 6.45) is 27.0. The van der Waals surface area contributed by atoms with Crippen LogP contribution in [0.5, 0.6) is 0 Å². The number of allylic oxidation sites excluding steroid dienone is 2. The smallest absolute Gasteiger partial charge is 0.249 e. The molecule has 9 unspecified atom stereocenters. The minimum absolute atomic E-state index is 0.257. The Morgan fingerprint density at radius 1 is 0.596 bits per heavy atom. The lowest BCUT2D eigenvalue weighted by Crippen LogP contribution is -2.60. The van der Waals surface area contributed by atoms with Gasteiger partial charge in [-0.2, -0.15) is 0 Å². The highest BCUT2D eigenvalue weighted by Crippen LogP contribution is 2.23. The second kappa shape index (κ2) is 36.7. The lowest BCUT2D eigenvalue weighted by atomic mass is 9.98. The van der Waals surface area contributed by atoms with Gasteiger partial charge in [-0.1, -0.05) is 180 Å². The van der Waals surface area contributed by atoms with E-state index < -0.39 is 74.2 Å². The molecule has 0 aromatic rings. The Kier molecular flexibility index (Phi) is 34.7. The molecule has 1 fully saturated rings. The van der Waals surface area contributed by atoms with Crippen molar-refractivity contribution in [3.63, 3.8) is 0 Å². The molecule has 338 valence electrons. The molecular formula is C46H89NO10. The molecule has 1 saturated heterocycles. The van der Waals surface area contributed by atoms with Crippen LogP contribution in [0.3, 0.4) is 0 Å². The second-order valence-electron chi connectivity index (χ2n) is 16.8. The van der Waals surface area contributed by atoms with Crippen molar-refractivity contribution >= 4 is 5.91 Å². The number of amides is 1. The number of unbranched alkanes of at least 4 members (excludes halogenated alkanes) is 25. The molecule has 0 aromatic carbocycles. The molecule has 0 spiro atoms. The fourth-order valence-electron chi connectivity index (χ4n) is 7.62. The molecule has 1 rings (SSSR count). The van der Waals surface area contributed by atoms with Crippen LogP contribution in [0, 0.1) is 0 Å². The lowest BCUT2D eigenvalue weighted by Gasteiger charge is -2.40. The first-order valence-corrected chi connectivity index (χ1v) is 23.6. The highest BCUT2D eigenvalue weighted by molar-refractivity contribution is 5.80. The van der Waals surface area contributed by atoms with Gasteiger partial charge in [0.15, 0.2) is 6.29 Å². The molecule has 1 heterocycles. The van der Waals surface area contributed by atoms with E-state index in [-0.39, 0.29) is 12.8 Å². The molecule has 1 amide bonds. The van der Waals surface area contributed by atoms with Crippen molar-refractivity contribution in [2.45, 2.75) is 262 Å². The Morgan fingerprint density at radius 2 is 1.04 bits per heavy atom. The molecule has 57 heavy (non-hydrogen) atoms. The van der Waals surface area contributed by atoms with Crippen LogP contribution >= 0.6 is 0 Å². The Balaban J connectivity index is 2.44. The molecule has 0 radical (unpaired) electrons. The van der Waals surface area contributed by atoms with Gasteiger partial charge in [0, 0.05) is 0 Å². The summed E-state index contributed by atoms with van der Waals surface area (Å²) in [5.74, 6) is -0.706. The van der Waals surface area contributed by atoms with Gasteiger partial charge in [-0.3, -0.25) is 4.79 Å². The SMILES string of the molecule is CCCCCCCCCCCCCCCC/C=C/CCCC(O)C(O)C(COC1OC(CO)C(O)C(O)C1O)NC(=O)C(O)CCCCCCCCCCCCC. The number of aliphatic hydroxyl groups excluding tert-OH is 7. The molecule has 11 heteroatoms. The van der Waals surface area contributed by atoms with E-state index in [2.05, 4.69) is 31.3 Å². The van der Waals surface area contributed by atoms with Gasteiger partial charge in [0.25, 0.3) is 0 Å². The van der Waals surface area contributed by atoms with Gasteiger partial charge in [0.05, 0.1) is 25.4 Å². The number of hydrogen-bond acceptors (Lipinski definition) is 10. The van der Waals surface area contributed by atoms with Gasteiger partial charge in [-0.25, -0.2) is 0 Å². The van der Waals surface area contributed by atoms with Gasteiger partial charge in [-0.15, -0.1) is 0 Å². The molecule has 11 nitrogen and oxygen atoms in total. The normalized spacial score (nSPS) is 22.2. The Hall–Kier alpha value is -1.15. The van der Waals surface area contributed by atoms with Gasteiger partial charge in [0.1, 0.15) is 36.6 Å². The van der Waals surface area contributed by atoms with Crippen molar-refractivity contribution < 1.29 is 50.0 Å². The first-order chi connectivity index (χ1) is 27.7. The maximum absolute atomic E-state index is 13.0. The van der Waals surface area contributed by atoms with Gasteiger partial charge in [0.2, 0.25) is 5.91 Å². The van der Waals surface area contributed by atoms with Crippen LogP contribution in [0.15, 0.2) is 12.2 Å². The van der Waals surface area contributed by atoms with Gasteiger partial charge < -0.3 is 50.5 Å². The van der Waals surface area contributed by atoms with Crippen molar-refractivity contribution in [1.82, 2.24) is 5.32 Å². The zero-order valence-corrected chi connectivity index (χ0v) is 36.3. The average Bonchev–Trinajstić information content (AvgIpc) is 3.21. The van der Waals surface area contributed by atoms with Crippen LogP contribution in [0.25, 0.3) is 0 Å². The van der Waals surface area contributed by atoms with Crippen LogP contribution in [0.1, 0.15) is 206 Å². The highest BCUT2D eigenvalue weighted by atomic mass is 16.7. The zero-order chi connectivity index (χ0) is 41.9. The molecular weight excluding hydrogens is 727 g/mol. The van der Waals surface area contributed by atoms with Crippen molar-refractivity contribution in [1.29, 1.82) is 0 Å². The molecule has 0 aromatic heterocycles. The summed E-state index contributed by atoms with van der Waals surface area (Å²) >= 11 is 0. The predicted octanol–water partition coefficient (Wildman–Crippen LogP) is 7.67. The summed E-state index contributed by atoms with van der Waals surface area (Å²) in [7, 11) is 0. The largest absolute Gasteiger partial charge is 0.394 e. The Labute approximate surface area is 347 Å². The maximum Gasteiger partial charge on any atom is 0.249 e. The summed E-state index contributed by atoms with van der Waals surface area (Å²) in [6.45, 7) is 3.42. The number of aliphatic hydroxyl groups is 7. The standard InChI is InChI=1S/C46H89NO10/c1-3-5-7-9-11-13-15-16-17-18-19-20-21-22-24-25-27-29-31-33-38(49)41(51)37(36-56-46-44(54)43(53)42(52)40(35-48)57-46)47-45(55)39(50)34-32-30-28-26-23-14-12-10-8-6-4-2/h25,27,37-44,46,48-54H,3-24,26,28-36H2,1-2H3,(H,47,55)/b27-25+. The summed E-state index contributed by atoms with van der Waals surface area (Å²) in [5, 5.41) is 75.6. The highest BCUT2D eigenvalue weighted by Gasteiger charge is 2.44. The Bertz CT molecular complexity index is 939. The minimum Gasteiger partial charge on any atom is -0.394 e. The summed E-state index contributed by atoms with van der Waals surface area (Å²) in [6, 6.07) is -1.18. The van der Waals surface area contributed by atoms with E-state index in [0.29, 0.717) is 12.8 Å². The number of nitrogens with one attached hydrogen (secondary N) is 1. The zero-order valence-electron chi connectivity index (χ0n) is 36.3. The van der Waals surface area contributed by atoms with E-state index in [1.807, 2.05) is 0 Å². The maximum atomic E-state index is 13.0. The molecule has 1 aliphatic heterocycles. The van der Waals surface area contributed by atoms with Gasteiger partial charge >= 0.3 is 0 Å². The first kappa shape index (κ1) is 53.9. The fraction of sp³-hybridized carbons (Fsp3) is 0.935. The van der Waals surface area contributed by atoms with Crippen LogP contribution in [0.2, 0.25) is 0 Å². The van der Waals surface area contributed by atoms with E-state index in [4.69, 9.17) is 9.47 Å². The average molecular weight is 816 g/mol. The molecule has 9 atom stereocenters. The van der Waals surface area contributed by atoms with E-state index in [0.717, 1.165) is 38.5 Å². The molecule has 8 N–H and O–H groups in total. The monoisotopic (exact) mass is 816 g/mol. The summed E-state index contributed by atoms with van der Waals surface area (Å²) in [5.41, 5.74) is 0. The number of ether oxygens (including phenoxy) is 2. The summed E-state index contributed by atoms with van der Waals surface area (Å²) in [4.78, 5) is 13.0. The van der Waals surface area contributed by atoms with E-state index in [9.17, 15) is 40.5 Å². The molecule has 0 bridgehead atoms. The van der Waals surface area contributed by atoms with E-state index in [1.165, 1.54) is 128 Å². The number of hydrogen-bond donors (Lipinski definition) is 8. The van der Waals surface area contributed by atoms with E-state index >= 15 is 0 Å². The molecule has 0 saturated carbocycles. The second-order valence-corrected chi connectivity index (χ2v) is 16.8. The number of carbonyl (C=O) groups excluding carboxylic acids is 1. The third-order valence-electron chi connectivity index (χ3n) is 11.6. The van der Waals surface area contributed by atoms with Gasteiger partial charge in [-0.05, 0) is 38.5 Å². The fourth-order valence-corrected chi connectivity index (χ4v) is 7.62. The number of rotatable bonds is 39. The van der Waals surface area contributed by atoms with Crippen LogP contribution in [-0.4, -0.2) is 110 Å². The quantitative estimate of drug-likeness (QED) is 0.0226. The minimum atomic E-state index is -1.66.